The molecule has 1 aromatic heterocycles. The fourth-order valence-electron chi connectivity index (χ4n) is 2.67. The molecule has 0 saturated carbocycles. The van der Waals surface area contributed by atoms with Gasteiger partial charge in [-0.2, -0.15) is 0 Å². The predicted molar refractivity (Wildman–Crippen MR) is 104 cm³/mol. The zero-order valence-corrected chi connectivity index (χ0v) is 15.4. The second-order valence-electron chi connectivity index (χ2n) is 5.78. The Bertz CT molecular complexity index is 866. The largest absolute Gasteiger partial charge is 0.339 e. The number of hydrogen-bond donors (Lipinski definition) is 1. The Kier molecular flexibility index (Phi) is 5.03. The number of allylic oxidation sites excluding steroid dienone is 1. The molecule has 2 nitrogen and oxygen atoms in total. The van der Waals surface area contributed by atoms with E-state index < -0.39 is 0 Å². The van der Waals surface area contributed by atoms with Crippen molar-refractivity contribution in [1.29, 1.82) is 0 Å². The van der Waals surface area contributed by atoms with E-state index in [1.165, 1.54) is 11.1 Å². The van der Waals surface area contributed by atoms with E-state index in [0.717, 1.165) is 33.6 Å². The molecule has 0 amide bonds. The maximum Gasteiger partial charge on any atom is 0.339 e. The normalized spacial score (nSPS) is 10.6. The van der Waals surface area contributed by atoms with Crippen molar-refractivity contribution in [1.82, 2.24) is 0 Å². The van der Waals surface area contributed by atoms with Crippen molar-refractivity contribution in [2.45, 2.75) is 20.4 Å². The summed E-state index contributed by atoms with van der Waals surface area (Å²) in [6.07, 6.45) is 1.92. The SMILES string of the molecule is C=CC[n+]1c(-c2ccc(Cl)cc2)csc1Nc1ccc(C)cc1C. The third-order valence-electron chi connectivity index (χ3n) is 3.89. The summed E-state index contributed by atoms with van der Waals surface area (Å²) in [5.41, 5.74) is 5.93. The summed E-state index contributed by atoms with van der Waals surface area (Å²) < 4.78 is 2.24. The van der Waals surface area contributed by atoms with Gasteiger partial charge in [0.15, 0.2) is 0 Å². The Hall–Kier alpha value is -2.10. The van der Waals surface area contributed by atoms with Crippen LogP contribution in [0.15, 0.2) is 60.5 Å². The summed E-state index contributed by atoms with van der Waals surface area (Å²) in [6, 6.07) is 14.4. The number of thiazole rings is 1. The lowest BCUT2D eigenvalue weighted by molar-refractivity contribution is -0.657. The van der Waals surface area contributed by atoms with E-state index in [4.69, 9.17) is 11.6 Å². The van der Waals surface area contributed by atoms with Crippen molar-refractivity contribution in [3.63, 3.8) is 0 Å². The van der Waals surface area contributed by atoms with Gasteiger partial charge in [0.05, 0.1) is 0 Å². The van der Waals surface area contributed by atoms with Gasteiger partial charge >= 0.3 is 5.13 Å². The third-order valence-corrected chi connectivity index (χ3v) is 5.03. The Morgan fingerprint density at radius 1 is 1.17 bits per heavy atom. The summed E-state index contributed by atoms with van der Waals surface area (Å²) in [6.45, 7) is 8.88. The van der Waals surface area contributed by atoms with Gasteiger partial charge in [0.25, 0.3) is 0 Å². The average molecular weight is 356 g/mol. The van der Waals surface area contributed by atoms with Crippen LogP contribution in [0.25, 0.3) is 11.3 Å². The summed E-state index contributed by atoms with van der Waals surface area (Å²) in [5, 5.41) is 7.56. The van der Waals surface area contributed by atoms with E-state index in [1.54, 1.807) is 11.3 Å². The molecule has 0 bridgehead atoms. The monoisotopic (exact) mass is 355 g/mol. The minimum absolute atomic E-state index is 0.745. The first kappa shape index (κ1) is 16.7. The van der Waals surface area contributed by atoms with E-state index in [9.17, 15) is 0 Å². The smallest absolute Gasteiger partial charge is 0.231 e. The van der Waals surface area contributed by atoms with E-state index in [1.807, 2.05) is 30.3 Å². The fraction of sp³-hybridized carbons (Fsp3) is 0.150. The lowest BCUT2D eigenvalue weighted by atomic mass is 10.1. The Balaban J connectivity index is 1.99. The van der Waals surface area contributed by atoms with E-state index in [-0.39, 0.29) is 0 Å². The number of aryl methyl sites for hydroxylation is 2. The molecule has 0 fully saturated rings. The Morgan fingerprint density at radius 2 is 1.92 bits per heavy atom. The van der Waals surface area contributed by atoms with Gasteiger partial charge in [-0.25, -0.2) is 9.88 Å². The maximum absolute atomic E-state index is 6.01. The number of rotatable bonds is 5. The van der Waals surface area contributed by atoms with Crippen molar-refractivity contribution in [2.75, 3.05) is 5.32 Å². The highest BCUT2D eigenvalue weighted by Crippen LogP contribution is 2.28. The minimum Gasteiger partial charge on any atom is -0.231 e. The molecule has 0 unspecified atom stereocenters. The first-order valence-corrected chi connectivity index (χ1v) is 9.06. The molecule has 0 aliphatic rings. The molecular weight excluding hydrogens is 336 g/mol. The van der Waals surface area contributed by atoms with Gasteiger partial charge in [-0.1, -0.05) is 53.3 Å². The van der Waals surface area contributed by atoms with Gasteiger partial charge in [0, 0.05) is 16.0 Å². The molecule has 24 heavy (non-hydrogen) atoms. The lowest BCUT2D eigenvalue weighted by Crippen LogP contribution is -2.35. The van der Waals surface area contributed by atoms with Crippen molar-refractivity contribution in [3.8, 4) is 11.3 Å². The van der Waals surface area contributed by atoms with Crippen LogP contribution in [0, 0.1) is 13.8 Å². The van der Waals surface area contributed by atoms with E-state index in [2.05, 4.69) is 53.9 Å². The average Bonchev–Trinajstić information content (AvgIpc) is 2.94. The highest BCUT2D eigenvalue weighted by molar-refractivity contribution is 7.13. The van der Waals surface area contributed by atoms with Gasteiger partial charge in [0.1, 0.15) is 17.9 Å². The number of hydrogen-bond acceptors (Lipinski definition) is 2. The van der Waals surface area contributed by atoms with Gasteiger partial charge in [0.2, 0.25) is 0 Å². The van der Waals surface area contributed by atoms with Crippen LogP contribution in [0.4, 0.5) is 10.8 Å². The molecule has 2 aromatic carbocycles. The third kappa shape index (κ3) is 3.53. The van der Waals surface area contributed by atoms with Crippen LogP contribution >= 0.6 is 22.9 Å². The second kappa shape index (κ2) is 7.20. The summed E-state index contributed by atoms with van der Waals surface area (Å²) in [5.74, 6) is 0. The minimum atomic E-state index is 0.745. The molecule has 3 aromatic rings. The molecule has 1 N–H and O–H groups in total. The molecular formula is C20H20ClN2S+. The number of halogens is 1. The summed E-state index contributed by atoms with van der Waals surface area (Å²) >= 11 is 7.70. The number of anilines is 2. The molecule has 3 rings (SSSR count). The summed E-state index contributed by atoms with van der Waals surface area (Å²) in [4.78, 5) is 0. The van der Waals surface area contributed by atoms with Crippen LogP contribution in [0.1, 0.15) is 11.1 Å². The van der Waals surface area contributed by atoms with Crippen LogP contribution in [0.5, 0.6) is 0 Å². The molecule has 0 radical (unpaired) electrons. The topological polar surface area (TPSA) is 15.9 Å². The molecule has 122 valence electrons. The zero-order chi connectivity index (χ0) is 17.1. The number of aromatic nitrogens is 1. The highest BCUT2D eigenvalue weighted by atomic mass is 35.5. The van der Waals surface area contributed by atoms with Crippen LogP contribution in [0.2, 0.25) is 5.02 Å². The van der Waals surface area contributed by atoms with Crippen molar-refractivity contribution >= 4 is 33.8 Å². The standard InChI is InChI=1S/C20H19ClN2S/c1-4-11-23-19(16-6-8-17(21)9-7-16)13-24-20(23)22-18-10-5-14(2)12-15(18)3/h4-10,12-13H,1,11H2,2-3H3/p+1. The van der Waals surface area contributed by atoms with Crippen LogP contribution in [0.3, 0.4) is 0 Å². The molecule has 0 aliphatic heterocycles. The van der Waals surface area contributed by atoms with Crippen LogP contribution in [-0.4, -0.2) is 0 Å². The first-order valence-electron chi connectivity index (χ1n) is 7.81. The predicted octanol–water partition coefficient (Wildman–Crippen LogP) is 5.90. The highest BCUT2D eigenvalue weighted by Gasteiger charge is 2.19. The molecule has 0 atom stereocenters. The van der Waals surface area contributed by atoms with Gasteiger partial charge in [-0.3, -0.25) is 0 Å². The van der Waals surface area contributed by atoms with Crippen LogP contribution in [-0.2, 0) is 6.54 Å². The van der Waals surface area contributed by atoms with Gasteiger partial charge < -0.3 is 0 Å². The Morgan fingerprint density at radius 3 is 2.58 bits per heavy atom. The van der Waals surface area contributed by atoms with Crippen LogP contribution < -0.4 is 9.88 Å². The van der Waals surface area contributed by atoms with Gasteiger partial charge in [-0.05, 0) is 49.7 Å². The molecule has 0 aliphatic carbocycles. The molecule has 4 heteroatoms. The number of nitrogens with zero attached hydrogens (tertiary/aromatic N) is 1. The van der Waals surface area contributed by atoms with Crippen molar-refractivity contribution in [2.24, 2.45) is 0 Å². The summed E-state index contributed by atoms with van der Waals surface area (Å²) in [7, 11) is 0. The van der Waals surface area contributed by atoms with E-state index >= 15 is 0 Å². The van der Waals surface area contributed by atoms with Crippen molar-refractivity contribution < 1.29 is 4.57 Å². The first-order chi connectivity index (χ1) is 11.6. The quantitative estimate of drug-likeness (QED) is 0.445. The second-order valence-corrected chi connectivity index (χ2v) is 7.07. The molecule has 0 spiro atoms. The number of benzene rings is 2. The lowest BCUT2D eigenvalue weighted by Gasteiger charge is -2.06. The molecule has 1 heterocycles. The maximum atomic E-state index is 6.01. The Labute approximate surface area is 152 Å². The zero-order valence-electron chi connectivity index (χ0n) is 13.8. The van der Waals surface area contributed by atoms with E-state index in [0.29, 0.717) is 0 Å². The fourth-order valence-corrected chi connectivity index (χ4v) is 3.75. The van der Waals surface area contributed by atoms with Gasteiger partial charge in [-0.15, -0.1) is 0 Å². The number of nitrogens with one attached hydrogen (secondary N) is 1. The molecule has 0 saturated heterocycles. The van der Waals surface area contributed by atoms with Crippen molar-refractivity contribution in [3.05, 3.63) is 76.6 Å².